The minimum absolute atomic E-state index is 0.127. The summed E-state index contributed by atoms with van der Waals surface area (Å²) in [5, 5.41) is 9.13. The predicted molar refractivity (Wildman–Crippen MR) is 61.2 cm³/mol. The number of carboxylic acid groups (broad SMARTS) is 1. The average Bonchev–Trinajstić information content (AvgIpc) is 2.30. The lowest BCUT2D eigenvalue weighted by Crippen LogP contribution is -2.52. The van der Waals surface area contributed by atoms with Crippen molar-refractivity contribution < 1.29 is 14.7 Å². The van der Waals surface area contributed by atoms with Crippen LogP contribution in [0.5, 0.6) is 0 Å². The van der Waals surface area contributed by atoms with Gasteiger partial charge in [-0.05, 0) is 12.1 Å². The first kappa shape index (κ1) is 11.7. The Morgan fingerprint density at radius 3 is 2.71 bits per heavy atom. The molecule has 1 aliphatic rings. The first-order valence-corrected chi connectivity index (χ1v) is 5.35. The highest BCUT2D eigenvalue weighted by atomic mass is 35.5. The monoisotopic (exact) mass is 255 g/mol. The summed E-state index contributed by atoms with van der Waals surface area (Å²) >= 11 is 5.65. The van der Waals surface area contributed by atoms with Crippen molar-refractivity contribution in [3.63, 3.8) is 0 Å². The van der Waals surface area contributed by atoms with Crippen molar-refractivity contribution in [3.8, 4) is 0 Å². The fourth-order valence-corrected chi connectivity index (χ4v) is 1.75. The summed E-state index contributed by atoms with van der Waals surface area (Å²) in [4.78, 5) is 28.9. The summed E-state index contributed by atoms with van der Waals surface area (Å²) in [7, 11) is 0. The molecule has 0 atom stereocenters. The number of halogens is 1. The molecule has 0 aromatic carbocycles. The first-order chi connectivity index (χ1) is 8.08. The Balaban J connectivity index is 2.12. The molecule has 0 radical (unpaired) electrons. The van der Waals surface area contributed by atoms with Crippen molar-refractivity contribution in [2.24, 2.45) is 0 Å². The Bertz CT molecular complexity index is 449. The Morgan fingerprint density at radius 1 is 1.41 bits per heavy atom. The van der Waals surface area contributed by atoms with E-state index in [0.717, 1.165) is 4.90 Å². The van der Waals surface area contributed by atoms with Crippen LogP contribution >= 0.6 is 11.6 Å². The summed E-state index contributed by atoms with van der Waals surface area (Å²) in [6.45, 7) is 0.496. The smallest absolute Gasteiger partial charge is 0.407 e. The third kappa shape index (κ3) is 2.47. The van der Waals surface area contributed by atoms with E-state index in [1.165, 1.54) is 11.1 Å². The van der Waals surface area contributed by atoms with E-state index < -0.39 is 6.09 Å². The second-order valence-electron chi connectivity index (χ2n) is 3.59. The normalized spacial score (nSPS) is 16.2. The maximum atomic E-state index is 11.8. The molecule has 0 aliphatic carbocycles. The van der Waals surface area contributed by atoms with Crippen LogP contribution in [0.1, 0.15) is 0 Å². The van der Waals surface area contributed by atoms with E-state index in [0.29, 0.717) is 23.9 Å². The van der Waals surface area contributed by atoms with Gasteiger partial charge in [0.15, 0.2) is 0 Å². The molecule has 90 valence electrons. The van der Waals surface area contributed by atoms with E-state index in [1.54, 1.807) is 12.1 Å². The number of nitrogens with zero attached hydrogens (tertiary/aromatic N) is 3. The number of anilines is 1. The second-order valence-corrected chi connectivity index (χ2v) is 3.98. The number of aromatic nitrogens is 1. The zero-order valence-corrected chi connectivity index (χ0v) is 9.59. The molecule has 0 bridgehead atoms. The van der Waals surface area contributed by atoms with Gasteiger partial charge in [0.1, 0.15) is 11.7 Å². The zero-order chi connectivity index (χ0) is 12.4. The van der Waals surface area contributed by atoms with Gasteiger partial charge in [0, 0.05) is 13.1 Å². The van der Waals surface area contributed by atoms with E-state index >= 15 is 0 Å². The molecule has 17 heavy (non-hydrogen) atoms. The van der Waals surface area contributed by atoms with Gasteiger partial charge >= 0.3 is 6.09 Å². The molecule has 1 fully saturated rings. The lowest BCUT2D eigenvalue weighted by Gasteiger charge is -2.32. The van der Waals surface area contributed by atoms with Crippen molar-refractivity contribution >= 4 is 29.3 Å². The molecule has 0 saturated carbocycles. The lowest BCUT2D eigenvalue weighted by atomic mass is 10.3. The fourth-order valence-electron chi connectivity index (χ4n) is 1.64. The Morgan fingerprint density at radius 2 is 2.18 bits per heavy atom. The molecular formula is C10H10ClN3O3. The average molecular weight is 256 g/mol. The molecule has 1 N–H and O–H groups in total. The molecule has 0 spiro atoms. The Kier molecular flexibility index (Phi) is 3.14. The molecule has 1 aromatic rings. The molecule has 2 amide bonds. The van der Waals surface area contributed by atoms with Gasteiger partial charge in [0.25, 0.3) is 0 Å². The van der Waals surface area contributed by atoms with Crippen LogP contribution in [0.25, 0.3) is 0 Å². The van der Waals surface area contributed by atoms with Crippen LogP contribution in [0.2, 0.25) is 5.15 Å². The van der Waals surface area contributed by atoms with Crippen molar-refractivity contribution in [1.29, 1.82) is 0 Å². The largest absolute Gasteiger partial charge is 0.465 e. The number of pyridine rings is 1. The lowest BCUT2D eigenvalue weighted by molar-refractivity contribution is -0.120. The summed E-state index contributed by atoms with van der Waals surface area (Å²) < 4.78 is 0. The molecule has 2 heterocycles. The minimum Gasteiger partial charge on any atom is -0.465 e. The van der Waals surface area contributed by atoms with Crippen LogP contribution in [0.15, 0.2) is 18.3 Å². The fraction of sp³-hybridized carbons (Fsp3) is 0.300. The van der Waals surface area contributed by atoms with Gasteiger partial charge in [-0.2, -0.15) is 0 Å². The second kappa shape index (κ2) is 4.58. The molecule has 1 aliphatic heterocycles. The van der Waals surface area contributed by atoms with Crippen molar-refractivity contribution in [1.82, 2.24) is 9.88 Å². The highest BCUT2D eigenvalue weighted by Gasteiger charge is 2.27. The number of hydrogen-bond donors (Lipinski definition) is 1. The van der Waals surface area contributed by atoms with Crippen LogP contribution in [0.4, 0.5) is 10.5 Å². The van der Waals surface area contributed by atoms with E-state index in [9.17, 15) is 9.59 Å². The zero-order valence-electron chi connectivity index (χ0n) is 8.84. The Labute approximate surface area is 102 Å². The van der Waals surface area contributed by atoms with Crippen molar-refractivity contribution in [2.75, 3.05) is 24.5 Å². The summed E-state index contributed by atoms with van der Waals surface area (Å²) in [6.07, 6.45) is 0.420. The number of amides is 2. The molecule has 1 aromatic heterocycles. The molecule has 7 heteroatoms. The van der Waals surface area contributed by atoms with Crippen LogP contribution in [-0.2, 0) is 4.79 Å². The van der Waals surface area contributed by atoms with Gasteiger partial charge in [-0.3, -0.25) is 9.69 Å². The molecule has 1 saturated heterocycles. The molecular weight excluding hydrogens is 246 g/mol. The summed E-state index contributed by atoms with van der Waals surface area (Å²) in [6, 6.07) is 3.28. The highest BCUT2D eigenvalue weighted by molar-refractivity contribution is 6.29. The van der Waals surface area contributed by atoms with Gasteiger partial charge in [0.2, 0.25) is 5.91 Å². The van der Waals surface area contributed by atoms with Crippen LogP contribution in [0, 0.1) is 0 Å². The number of carbonyl (C=O) groups is 2. The highest BCUT2D eigenvalue weighted by Crippen LogP contribution is 2.17. The van der Waals surface area contributed by atoms with Gasteiger partial charge in [-0.1, -0.05) is 11.6 Å². The number of carbonyl (C=O) groups excluding carboxylic acids is 1. The van der Waals surface area contributed by atoms with E-state index in [4.69, 9.17) is 16.7 Å². The Hall–Kier alpha value is -1.82. The maximum absolute atomic E-state index is 11.8. The number of piperazine rings is 1. The quantitative estimate of drug-likeness (QED) is 0.762. The van der Waals surface area contributed by atoms with Gasteiger partial charge in [0.05, 0.1) is 11.9 Å². The standard InChI is InChI=1S/C10H10ClN3O3/c11-8-2-1-7(5-12-8)14-4-3-13(10(16)17)6-9(14)15/h1-2,5H,3-4,6H2,(H,16,17). The van der Waals surface area contributed by atoms with Gasteiger partial charge in [-0.15, -0.1) is 0 Å². The third-order valence-corrected chi connectivity index (χ3v) is 2.74. The van der Waals surface area contributed by atoms with Gasteiger partial charge < -0.3 is 10.0 Å². The van der Waals surface area contributed by atoms with Crippen LogP contribution < -0.4 is 4.90 Å². The van der Waals surface area contributed by atoms with E-state index in [-0.39, 0.29) is 12.5 Å². The summed E-state index contributed by atoms with van der Waals surface area (Å²) in [5.41, 5.74) is 0.629. The maximum Gasteiger partial charge on any atom is 0.407 e. The number of rotatable bonds is 1. The first-order valence-electron chi connectivity index (χ1n) is 4.98. The SMILES string of the molecule is O=C(O)N1CCN(c2ccc(Cl)nc2)C(=O)C1. The van der Waals surface area contributed by atoms with Gasteiger partial charge in [-0.25, -0.2) is 9.78 Å². The topological polar surface area (TPSA) is 73.7 Å². The molecule has 2 rings (SSSR count). The van der Waals surface area contributed by atoms with Crippen LogP contribution in [-0.4, -0.2) is 46.6 Å². The van der Waals surface area contributed by atoms with E-state index in [1.807, 2.05) is 0 Å². The third-order valence-electron chi connectivity index (χ3n) is 2.51. The minimum atomic E-state index is -1.08. The van der Waals surface area contributed by atoms with Crippen LogP contribution in [0.3, 0.4) is 0 Å². The molecule has 0 unspecified atom stereocenters. The molecule has 6 nitrogen and oxygen atoms in total. The van der Waals surface area contributed by atoms with Crippen molar-refractivity contribution in [2.45, 2.75) is 0 Å². The number of hydrogen-bond acceptors (Lipinski definition) is 3. The van der Waals surface area contributed by atoms with Crippen molar-refractivity contribution in [3.05, 3.63) is 23.5 Å². The summed E-state index contributed by atoms with van der Waals surface area (Å²) in [5.74, 6) is -0.261. The van der Waals surface area contributed by atoms with E-state index in [2.05, 4.69) is 4.98 Å². The predicted octanol–water partition coefficient (Wildman–Crippen LogP) is 1.06.